The van der Waals surface area contributed by atoms with Gasteiger partial charge in [-0.3, -0.25) is 14.4 Å². The predicted molar refractivity (Wildman–Crippen MR) is 122 cm³/mol. The molecule has 7 heteroatoms. The Morgan fingerprint density at radius 2 is 1.41 bits per heavy atom. The van der Waals surface area contributed by atoms with Gasteiger partial charge in [-0.2, -0.15) is 0 Å². The zero-order valence-electron chi connectivity index (χ0n) is 17.3. The number of carbonyl (C=O) groups is 3. The fourth-order valence-corrected chi connectivity index (χ4v) is 3.11. The number of ether oxygens (including phenoxy) is 1. The summed E-state index contributed by atoms with van der Waals surface area (Å²) < 4.78 is 5.63. The third-order valence-electron chi connectivity index (χ3n) is 4.88. The second-order valence-corrected chi connectivity index (χ2v) is 7.45. The van der Waals surface area contributed by atoms with Crippen LogP contribution in [0.25, 0.3) is 0 Å². The molecule has 0 atom stereocenters. The molecule has 1 aliphatic rings. The van der Waals surface area contributed by atoms with Crippen molar-refractivity contribution in [2.75, 3.05) is 17.2 Å². The molecule has 1 fully saturated rings. The molecule has 0 heterocycles. The molecule has 162 valence electrons. The van der Waals surface area contributed by atoms with E-state index in [4.69, 9.17) is 4.74 Å². The Balaban J connectivity index is 1.39. The second kappa shape index (κ2) is 9.78. The Morgan fingerprint density at radius 3 is 2.16 bits per heavy atom. The number of anilines is 2. The van der Waals surface area contributed by atoms with Crippen LogP contribution in [-0.2, 0) is 4.79 Å². The highest BCUT2D eigenvalue weighted by molar-refractivity contribution is 6.06. The van der Waals surface area contributed by atoms with Crippen LogP contribution < -0.4 is 20.7 Å². The van der Waals surface area contributed by atoms with Gasteiger partial charge in [-0.05, 0) is 49.2 Å². The first-order chi connectivity index (χ1) is 15.6. The summed E-state index contributed by atoms with van der Waals surface area (Å²) in [5.74, 6) is -0.702. The molecule has 3 aromatic carbocycles. The number of carbonyl (C=O) groups excluding carboxylic acids is 3. The number of hydrogen-bond acceptors (Lipinski definition) is 4. The van der Waals surface area contributed by atoms with Crippen LogP contribution in [0.2, 0.25) is 0 Å². The average molecular weight is 429 g/mol. The van der Waals surface area contributed by atoms with Gasteiger partial charge in [0.15, 0.2) is 6.61 Å². The lowest BCUT2D eigenvalue weighted by Gasteiger charge is -2.13. The van der Waals surface area contributed by atoms with Crippen LogP contribution in [0.4, 0.5) is 11.4 Å². The second-order valence-electron chi connectivity index (χ2n) is 7.45. The number of para-hydroxylation sites is 3. The molecule has 0 saturated heterocycles. The van der Waals surface area contributed by atoms with Gasteiger partial charge in [0.2, 0.25) is 0 Å². The first kappa shape index (κ1) is 21.1. The smallest absolute Gasteiger partial charge is 0.262 e. The molecule has 7 nitrogen and oxygen atoms in total. The zero-order valence-corrected chi connectivity index (χ0v) is 17.3. The lowest BCUT2D eigenvalue weighted by Crippen LogP contribution is -2.28. The van der Waals surface area contributed by atoms with Crippen LogP contribution in [-0.4, -0.2) is 30.4 Å². The lowest BCUT2D eigenvalue weighted by molar-refractivity contribution is -0.118. The molecule has 0 radical (unpaired) electrons. The number of amides is 3. The van der Waals surface area contributed by atoms with E-state index in [1.807, 2.05) is 18.2 Å². The van der Waals surface area contributed by atoms with Crippen molar-refractivity contribution in [3.05, 3.63) is 90.0 Å². The summed E-state index contributed by atoms with van der Waals surface area (Å²) in [7, 11) is 0. The molecule has 0 spiro atoms. The summed E-state index contributed by atoms with van der Waals surface area (Å²) in [6.07, 6.45) is 1.96. The number of benzene rings is 3. The summed E-state index contributed by atoms with van der Waals surface area (Å²) in [6, 6.07) is 22.8. The largest absolute Gasteiger partial charge is 0.483 e. The summed E-state index contributed by atoms with van der Waals surface area (Å²) in [6.45, 7) is -0.311. The quantitative estimate of drug-likeness (QED) is 0.507. The molecule has 3 amide bonds. The van der Waals surface area contributed by atoms with Crippen LogP contribution in [0.1, 0.15) is 33.6 Å². The lowest BCUT2D eigenvalue weighted by atomic mass is 10.1. The molecule has 0 aromatic heterocycles. The molecule has 0 aliphatic heterocycles. The first-order valence-corrected chi connectivity index (χ1v) is 10.4. The van der Waals surface area contributed by atoms with E-state index >= 15 is 0 Å². The summed E-state index contributed by atoms with van der Waals surface area (Å²) >= 11 is 0. The van der Waals surface area contributed by atoms with E-state index in [0.717, 1.165) is 12.8 Å². The molecule has 1 aliphatic carbocycles. The van der Waals surface area contributed by atoms with E-state index in [0.29, 0.717) is 22.5 Å². The van der Waals surface area contributed by atoms with Crippen molar-refractivity contribution in [1.29, 1.82) is 0 Å². The number of nitrogens with one attached hydrogen (secondary N) is 3. The minimum Gasteiger partial charge on any atom is -0.483 e. The van der Waals surface area contributed by atoms with Gasteiger partial charge in [0.05, 0.1) is 16.8 Å². The Labute approximate surface area is 185 Å². The van der Waals surface area contributed by atoms with E-state index in [1.54, 1.807) is 60.7 Å². The van der Waals surface area contributed by atoms with Crippen LogP contribution in [0, 0.1) is 0 Å². The van der Waals surface area contributed by atoms with Crippen molar-refractivity contribution in [3.8, 4) is 5.75 Å². The van der Waals surface area contributed by atoms with Crippen molar-refractivity contribution in [3.63, 3.8) is 0 Å². The van der Waals surface area contributed by atoms with E-state index in [1.165, 1.54) is 0 Å². The number of rotatable bonds is 8. The third kappa shape index (κ3) is 5.51. The fourth-order valence-electron chi connectivity index (χ4n) is 3.11. The van der Waals surface area contributed by atoms with Gasteiger partial charge in [-0.15, -0.1) is 0 Å². The summed E-state index contributed by atoms with van der Waals surface area (Å²) in [5.41, 5.74) is 1.78. The predicted octanol–water partition coefficient (Wildman–Crippen LogP) is 3.85. The monoisotopic (exact) mass is 429 g/mol. The Kier molecular flexibility index (Phi) is 6.46. The van der Waals surface area contributed by atoms with Gasteiger partial charge in [0.25, 0.3) is 17.7 Å². The topological polar surface area (TPSA) is 96.5 Å². The van der Waals surface area contributed by atoms with E-state index in [2.05, 4.69) is 16.0 Å². The fraction of sp³-hybridized carbons (Fsp3) is 0.160. The Hall–Kier alpha value is -4.13. The minimum absolute atomic E-state index is 0.216. The van der Waals surface area contributed by atoms with Crippen LogP contribution in [0.5, 0.6) is 5.75 Å². The van der Waals surface area contributed by atoms with Crippen molar-refractivity contribution < 1.29 is 19.1 Å². The number of hydrogen-bond donors (Lipinski definition) is 3. The van der Waals surface area contributed by atoms with Gasteiger partial charge in [0, 0.05) is 11.7 Å². The Bertz CT molecular complexity index is 1130. The first-order valence-electron chi connectivity index (χ1n) is 10.4. The molecule has 3 N–H and O–H groups in total. The molecule has 32 heavy (non-hydrogen) atoms. The Morgan fingerprint density at radius 1 is 0.750 bits per heavy atom. The zero-order chi connectivity index (χ0) is 22.3. The highest BCUT2D eigenvalue weighted by atomic mass is 16.5. The van der Waals surface area contributed by atoms with Crippen LogP contribution in [0.3, 0.4) is 0 Å². The molecule has 4 rings (SSSR count). The normalized spacial score (nSPS) is 12.5. The molecule has 0 bridgehead atoms. The van der Waals surface area contributed by atoms with Gasteiger partial charge >= 0.3 is 0 Å². The standard InChI is InChI=1S/C25H23N3O4/c29-23(28-21-12-6-4-10-19(21)24(30)27-18-14-15-18)16-32-22-13-7-5-11-20(22)25(31)26-17-8-2-1-3-9-17/h1-13,18H,14-16H2,(H,26,31)(H,27,30)(H,28,29). The van der Waals surface area contributed by atoms with Gasteiger partial charge in [-0.1, -0.05) is 42.5 Å². The molecular weight excluding hydrogens is 406 g/mol. The van der Waals surface area contributed by atoms with E-state index < -0.39 is 5.91 Å². The minimum atomic E-state index is -0.435. The third-order valence-corrected chi connectivity index (χ3v) is 4.88. The van der Waals surface area contributed by atoms with Crippen molar-refractivity contribution in [2.45, 2.75) is 18.9 Å². The molecule has 1 saturated carbocycles. The maximum absolute atomic E-state index is 12.6. The van der Waals surface area contributed by atoms with E-state index in [-0.39, 0.29) is 30.2 Å². The highest BCUT2D eigenvalue weighted by Gasteiger charge is 2.25. The maximum atomic E-state index is 12.6. The summed E-state index contributed by atoms with van der Waals surface area (Å²) in [5, 5.41) is 8.44. The van der Waals surface area contributed by atoms with Crippen molar-refractivity contribution in [1.82, 2.24) is 5.32 Å². The van der Waals surface area contributed by atoms with Crippen molar-refractivity contribution >= 4 is 29.1 Å². The SMILES string of the molecule is O=C(COc1ccccc1C(=O)Nc1ccccc1)Nc1ccccc1C(=O)NC1CC1. The molecular formula is C25H23N3O4. The highest BCUT2D eigenvalue weighted by Crippen LogP contribution is 2.22. The molecule has 3 aromatic rings. The van der Waals surface area contributed by atoms with Crippen LogP contribution >= 0.6 is 0 Å². The summed E-state index contributed by atoms with van der Waals surface area (Å²) in [4.78, 5) is 37.6. The van der Waals surface area contributed by atoms with Crippen LogP contribution in [0.15, 0.2) is 78.9 Å². The van der Waals surface area contributed by atoms with Crippen molar-refractivity contribution in [2.24, 2.45) is 0 Å². The van der Waals surface area contributed by atoms with Gasteiger partial charge < -0.3 is 20.7 Å². The van der Waals surface area contributed by atoms with Gasteiger partial charge in [0.1, 0.15) is 5.75 Å². The average Bonchev–Trinajstić information content (AvgIpc) is 3.63. The van der Waals surface area contributed by atoms with E-state index in [9.17, 15) is 14.4 Å². The maximum Gasteiger partial charge on any atom is 0.262 e. The molecule has 0 unspecified atom stereocenters. The van der Waals surface area contributed by atoms with Gasteiger partial charge in [-0.25, -0.2) is 0 Å².